The minimum absolute atomic E-state index is 0.180. The predicted octanol–water partition coefficient (Wildman–Crippen LogP) is 2.95. The Morgan fingerprint density at radius 2 is 2.00 bits per heavy atom. The van der Waals surface area contributed by atoms with Crippen LogP contribution in [0, 0.1) is 0 Å². The van der Waals surface area contributed by atoms with Gasteiger partial charge in [-0.25, -0.2) is 4.98 Å². The fraction of sp³-hybridized carbons (Fsp3) is 0.667. The molecule has 0 amide bonds. The molecule has 0 fully saturated rings. The number of esters is 1. The first-order valence-electron chi connectivity index (χ1n) is 7.89. The summed E-state index contributed by atoms with van der Waals surface area (Å²) in [5, 5.41) is 7.37. The van der Waals surface area contributed by atoms with Crippen molar-refractivity contribution in [2.24, 2.45) is 4.99 Å². The molecule has 2 N–H and O–H groups in total. The molecular formula is C15H23F3N4O2S. The van der Waals surface area contributed by atoms with Gasteiger partial charge in [-0.2, -0.15) is 13.2 Å². The second-order valence-corrected chi connectivity index (χ2v) is 6.16. The number of nitrogens with zero attached hydrogens (tertiary/aromatic N) is 2. The summed E-state index contributed by atoms with van der Waals surface area (Å²) in [6.07, 6.45) is -0.392. The van der Waals surface area contributed by atoms with Gasteiger partial charge in [-0.3, -0.25) is 9.79 Å². The van der Waals surface area contributed by atoms with E-state index in [0.29, 0.717) is 23.9 Å². The smallest absolute Gasteiger partial charge is 0.434 e. The molecule has 10 heteroatoms. The van der Waals surface area contributed by atoms with E-state index in [-0.39, 0.29) is 12.5 Å². The van der Waals surface area contributed by atoms with Crippen LogP contribution in [0.1, 0.15) is 42.8 Å². The average Bonchev–Trinajstić information content (AvgIpc) is 3.05. The van der Waals surface area contributed by atoms with Gasteiger partial charge in [0.25, 0.3) is 0 Å². The van der Waals surface area contributed by atoms with E-state index in [9.17, 15) is 18.0 Å². The third-order valence-corrected chi connectivity index (χ3v) is 4.15. The lowest BCUT2D eigenvalue weighted by Gasteiger charge is -2.10. The lowest BCUT2D eigenvalue weighted by molar-refractivity contribution is -0.141. The van der Waals surface area contributed by atoms with E-state index in [0.717, 1.165) is 42.4 Å². The highest BCUT2D eigenvalue weighted by Gasteiger charge is 2.33. The van der Waals surface area contributed by atoms with Gasteiger partial charge < -0.3 is 15.4 Å². The molecule has 25 heavy (non-hydrogen) atoms. The fourth-order valence-corrected chi connectivity index (χ4v) is 2.70. The fourth-order valence-electron chi connectivity index (χ4n) is 1.96. The Morgan fingerprint density at radius 1 is 1.28 bits per heavy atom. The largest absolute Gasteiger partial charge is 0.469 e. The van der Waals surface area contributed by atoms with E-state index in [2.05, 4.69) is 25.3 Å². The van der Waals surface area contributed by atoms with Crippen LogP contribution in [-0.4, -0.2) is 37.6 Å². The molecule has 1 aromatic heterocycles. The van der Waals surface area contributed by atoms with Crippen molar-refractivity contribution in [3.63, 3.8) is 0 Å². The van der Waals surface area contributed by atoms with Crippen molar-refractivity contribution in [3.05, 3.63) is 16.1 Å². The van der Waals surface area contributed by atoms with Crippen molar-refractivity contribution in [2.75, 3.05) is 20.7 Å². The average molecular weight is 380 g/mol. The zero-order chi connectivity index (χ0) is 18.7. The number of halogens is 3. The number of carbonyl (C=O) groups is 1. The molecule has 0 saturated heterocycles. The third kappa shape index (κ3) is 8.71. The first kappa shape index (κ1) is 21.2. The maximum absolute atomic E-state index is 12.5. The molecule has 1 heterocycles. The molecule has 0 atom stereocenters. The number of rotatable bonds is 9. The predicted molar refractivity (Wildman–Crippen MR) is 90.4 cm³/mol. The van der Waals surface area contributed by atoms with E-state index in [1.54, 1.807) is 7.05 Å². The molecule has 0 saturated carbocycles. The van der Waals surface area contributed by atoms with Crippen molar-refractivity contribution < 1.29 is 22.7 Å². The molecular weight excluding hydrogens is 357 g/mol. The van der Waals surface area contributed by atoms with Crippen molar-refractivity contribution in [1.29, 1.82) is 0 Å². The first-order valence-corrected chi connectivity index (χ1v) is 8.77. The maximum atomic E-state index is 12.5. The van der Waals surface area contributed by atoms with Gasteiger partial charge in [0.1, 0.15) is 5.01 Å². The molecule has 0 aliphatic heterocycles. The van der Waals surface area contributed by atoms with E-state index in [4.69, 9.17) is 0 Å². The number of guanidine groups is 1. The maximum Gasteiger partial charge on any atom is 0.434 e. The quantitative estimate of drug-likeness (QED) is 0.298. The summed E-state index contributed by atoms with van der Waals surface area (Å²) in [6, 6.07) is 0. The van der Waals surface area contributed by atoms with Crippen molar-refractivity contribution >= 4 is 23.3 Å². The Bertz CT molecular complexity index is 561. The van der Waals surface area contributed by atoms with E-state index >= 15 is 0 Å². The van der Waals surface area contributed by atoms with Gasteiger partial charge >= 0.3 is 12.1 Å². The molecule has 1 aromatic rings. The van der Waals surface area contributed by atoms with Gasteiger partial charge in [0, 0.05) is 25.4 Å². The summed E-state index contributed by atoms with van der Waals surface area (Å²) < 4.78 is 42.0. The number of nitrogens with one attached hydrogen (secondary N) is 2. The molecule has 0 radical (unpaired) electrons. The van der Waals surface area contributed by atoms with Crippen LogP contribution >= 0.6 is 11.3 Å². The van der Waals surface area contributed by atoms with Gasteiger partial charge in [-0.15, -0.1) is 11.3 Å². The number of alkyl halides is 3. The first-order chi connectivity index (χ1) is 11.9. The molecule has 1 rings (SSSR count). The Morgan fingerprint density at radius 3 is 2.60 bits per heavy atom. The van der Waals surface area contributed by atoms with Gasteiger partial charge in [-0.05, 0) is 12.8 Å². The van der Waals surface area contributed by atoms with Crippen LogP contribution < -0.4 is 10.6 Å². The number of unbranched alkanes of at least 4 members (excludes halogenated alkanes) is 3. The lowest BCUT2D eigenvalue weighted by Crippen LogP contribution is -2.37. The third-order valence-electron chi connectivity index (χ3n) is 3.30. The summed E-state index contributed by atoms with van der Waals surface area (Å²) in [5.41, 5.74) is -0.871. The Labute approximate surface area is 148 Å². The van der Waals surface area contributed by atoms with Gasteiger partial charge in [0.15, 0.2) is 11.7 Å². The highest BCUT2D eigenvalue weighted by atomic mass is 32.1. The van der Waals surface area contributed by atoms with Crippen molar-refractivity contribution in [2.45, 2.75) is 44.8 Å². The highest BCUT2D eigenvalue weighted by molar-refractivity contribution is 7.09. The topological polar surface area (TPSA) is 75.6 Å². The Kier molecular flexibility index (Phi) is 9.25. The highest BCUT2D eigenvalue weighted by Crippen LogP contribution is 2.29. The number of methoxy groups -OCH3 is 1. The Balaban J connectivity index is 2.18. The molecule has 142 valence electrons. The van der Waals surface area contributed by atoms with Crippen LogP contribution in [0.3, 0.4) is 0 Å². The summed E-state index contributed by atoms with van der Waals surface area (Å²) >= 11 is 0.956. The van der Waals surface area contributed by atoms with Crippen LogP contribution in [0.25, 0.3) is 0 Å². The minimum atomic E-state index is -4.41. The normalized spacial score (nSPS) is 12.1. The molecule has 0 unspecified atom stereocenters. The van der Waals surface area contributed by atoms with E-state index in [1.807, 2.05) is 0 Å². The standard InChI is InChI=1S/C15H23F3N4O2S/c1-19-14(20-8-6-4-3-5-7-13(23)24-2)21-9-12-22-11(10-25-12)15(16,17)18/h10H,3-9H2,1-2H3,(H2,19,20,21). The van der Waals surface area contributed by atoms with Crippen LogP contribution in [0.2, 0.25) is 0 Å². The lowest BCUT2D eigenvalue weighted by atomic mass is 10.1. The zero-order valence-electron chi connectivity index (χ0n) is 14.3. The number of aromatic nitrogens is 1. The van der Waals surface area contributed by atoms with Crippen LogP contribution in [0.4, 0.5) is 13.2 Å². The summed E-state index contributed by atoms with van der Waals surface area (Å²) in [6.45, 7) is 0.864. The van der Waals surface area contributed by atoms with E-state index in [1.165, 1.54) is 7.11 Å². The van der Waals surface area contributed by atoms with Crippen LogP contribution in [0.15, 0.2) is 10.4 Å². The van der Waals surface area contributed by atoms with Crippen molar-refractivity contribution in [3.8, 4) is 0 Å². The molecule has 0 spiro atoms. The van der Waals surface area contributed by atoms with Crippen LogP contribution in [-0.2, 0) is 22.3 Å². The number of carbonyl (C=O) groups excluding carboxylic acids is 1. The van der Waals surface area contributed by atoms with Crippen LogP contribution in [0.5, 0.6) is 0 Å². The van der Waals surface area contributed by atoms with Gasteiger partial charge in [-0.1, -0.05) is 12.8 Å². The van der Waals surface area contributed by atoms with Crippen molar-refractivity contribution in [1.82, 2.24) is 15.6 Å². The number of thiazole rings is 1. The van der Waals surface area contributed by atoms with E-state index < -0.39 is 11.9 Å². The summed E-state index contributed by atoms with van der Waals surface area (Å²) in [5.74, 6) is 0.317. The molecule has 0 aliphatic rings. The molecule has 0 bridgehead atoms. The SMILES string of the molecule is CN=C(NCCCCCCC(=O)OC)NCc1nc(C(F)(F)F)cs1. The second kappa shape index (κ2) is 10.9. The molecule has 0 aliphatic carbocycles. The molecule has 6 nitrogen and oxygen atoms in total. The number of hydrogen-bond acceptors (Lipinski definition) is 5. The zero-order valence-corrected chi connectivity index (χ0v) is 15.1. The number of aliphatic imine (C=N–C) groups is 1. The summed E-state index contributed by atoms with van der Waals surface area (Å²) in [7, 11) is 2.97. The van der Waals surface area contributed by atoms with Gasteiger partial charge in [0.05, 0.1) is 13.7 Å². The monoisotopic (exact) mass is 380 g/mol. The number of ether oxygens (including phenoxy) is 1. The Hall–Kier alpha value is -1.84. The van der Waals surface area contributed by atoms with Gasteiger partial charge in [0.2, 0.25) is 0 Å². The summed E-state index contributed by atoms with van der Waals surface area (Å²) in [4.78, 5) is 18.5. The second-order valence-electron chi connectivity index (χ2n) is 5.22. The minimum Gasteiger partial charge on any atom is -0.469 e. The number of hydrogen-bond donors (Lipinski definition) is 2. The molecule has 0 aromatic carbocycles.